The van der Waals surface area contributed by atoms with E-state index in [1.807, 2.05) is 18.2 Å². The molecule has 0 amide bonds. The third-order valence-electron chi connectivity index (χ3n) is 2.74. The second kappa shape index (κ2) is 2.64. The molecule has 0 atom stereocenters. The number of ether oxygens (including phenoxy) is 1. The fraction of sp³-hybridized carbons (Fsp3) is 0.167. The van der Waals surface area contributed by atoms with Crippen molar-refractivity contribution in [3.05, 3.63) is 35.9 Å². The Morgan fingerprint density at radius 1 is 1.21 bits per heavy atom. The van der Waals surface area contributed by atoms with E-state index in [0.29, 0.717) is 0 Å². The van der Waals surface area contributed by atoms with E-state index in [4.69, 9.17) is 10.5 Å². The molecule has 0 unspecified atom stereocenters. The molecular formula is C12H11NO. The van der Waals surface area contributed by atoms with Gasteiger partial charge in [0.1, 0.15) is 5.75 Å². The second-order valence-corrected chi connectivity index (χ2v) is 3.59. The first-order valence-electron chi connectivity index (χ1n) is 4.79. The molecule has 3 rings (SSSR count). The summed E-state index contributed by atoms with van der Waals surface area (Å²) in [5, 5.41) is 2.33. The Balaban J connectivity index is 2.46. The SMILES string of the molecule is Nc1cc2ccccc2c2c1CCO2. The van der Waals surface area contributed by atoms with Gasteiger partial charge < -0.3 is 10.5 Å². The lowest BCUT2D eigenvalue weighted by atomic mass is 10.0. The minimum Gasteiger partial charge on any atom is -0.492 e. The maximum absolute atomic E-state index is 5.96. The van der Waals surface area contributed by atoms with Crippen molar-refractivity contribution in [2.75, 3.05) is 12.3 Å². The maximum Gasteiger partial charge on any atom is 0.132 e. The molecule has 0 spiro atoms. The molecule has 0 saturated carbocycles. The molecule has 1 heterocycles. The van der Waals surface area contributed by atoms with Gasteiger partial charge in [0.05, 0.1) is 6.61 Å². The zero-order valence-corrected chi connectivity index (χ0v) is 7.79. The van der Waals surface area contributed by atoms with Crippen LogP contribution in [-0.4, -0.2) is 6.61 Å². The summed E-state index contributed by atoms with van der Waals surface area (Å²) in [6.07, 6.45) is 0.937. The number of nitrogens with two attached hydrogens (primary N) is 1. The largest absolute Gasteiger partial charge is 0.492 e. The first-order chi connectivity index (χ1) is 6.86. The van der Waals surface area contributed by atoms with Crippen LogP contribution in [0.5, 0.6) is 5.75 Å². The number of benzene rings is 2. The first kappa shape index (κ1) is 7.68. The van der Waals surface area contributed by atoms with E-state index in [0.717, 1.165) is 29.9 Å². The fourth-order valence-corrected chi connectivity index (χ4v) is 2.06. The van der Waals surface area contributed by atoms with Gasteiger partial charge in [0.15, 0.2) is 0 Å². The maximum atomic E-state index is 5.96. The van der Waals surface area contributed by atoms with Crippen molar-refractivity contribution in [1.29, 1.82) is 0 Å². The number of anilines is 1. The van der Waals surface area contributed by atoms with Crippen molar-refractivity contribution in [2.24, 2.45) is 0 Å². The normalized spacial score (nSPS) is 14.0. The molecule has 1 aliphatic rings. The Bertz CT molecular complexity index is 505. The summed E-state index contributed by atoms with van der Waals surface area (Å²) in [6, 6.07) is 10.2. The summed E-state index contributed by atoms with van der Waals surface area (Å²) in [6.45, 7) is 0.757. The van der Waals surface area contributed by atoms with Crippen LogP contribution in [0.4, 0.5) is 5.69 Å². The standard InChI is InChI=1S/C12H11NO/c13-11-7-8-3-1-2-4-9(8)12-10(11)5-6-14-12/h1-4,7H,5-6,13H2. The van der Waals surface area contributed by atoms with Gasteiger partial charge in [-0.3, -0.25) is 0 Å². The van der Waals surface area contributed by atoms with Gasteiger partial charge in [0.2, 0.25) is 0 Å². The van der Waals surface area contributed by atoms with Crippen LogP contribution in [0.1, 0.15) is 5.56 Å². The van der Waals surface area contributed by atoms with Gasteiger partial charge in [-0.2, -0.15) is 0 Å². The van der Waals surface area contributed by atoms with E-state index in [-0.39, 0.29) is 0 Å². The summed E-state index contributed by atoms with van der Waals surface area (Å²) in [4.78, 5) is 0. The number of nitrogen functional groups attached to an aromatic ring is 1. The second-order valence-electron chi connectivity index (χ2n) is 3.59. The molecule has 2 N–H and O–H groups in total. The molecule has 70 valence electrons. The Hall–Kier alpha value is -1.70. The molecular weight excluding hydrogens is 174 g/mol. The summed E-state index contributed by atoms with van der Waals surface area (Å²) in [5.74, 6) is 0.987. The van der Waals surface area contributed by atoms with Crippen molar-refractivity contribution in [2.45, 2.75) is 6.42 Å². The molecule has 0 aromatic heterocycles. The molecule has 0 bridgehead atoms. The Morgan fingerprint density at radius 2 is 2.07 bits per heavy atom. The molecule has 0 fully saturated rings. The van der Waals surface area contributed by atoms with E-state index < -0.39 is 0 Å². The molecule has 2 aromatic carbocycles. The van der Waals surface area contributed by atoms with Crippen molar-refractivity contribution >= 4 is 16.5 Å². The monoisotopic (exact) mass is 185 g/mol. The molecule has 0 saturated heterocycles. The molecule has 0 aliphatic carbocycles. The number of hydrogen-bond acceptors (Lipinski definition) is 2. The topological polar surface area (TPSA) is 35.2 Å². The third-order valence-corrected chi connectivity index (χ3v) is 2.74. The third kappa shape index (κ3) is 0.909. The summed E-state index contributed by atoms with van der Waals surface area (Å²) in [5.41, 5.74) is 7.99. The smallest absolute Gasteiger partial charge is 0.132 e. The van der Waals surface area contributed by atoms with E-state index in [1.165, 1.54) is 10.9 Å². The van der Waals surface area contributed by atoms with Crippen molar-refractivity contribution < 1.29 is 4.74 Å². The lowest BCUT2D eigenvalue weighted by Gasteiger charge is -2.07. The number of rotatable bonds is 0. The minimum absolute atomic E-state index is 0.757. The Kier molecular flexibility index (Phi) is 1.45. The molecule has 1 aliphatic heterocycles. The molecule has 2 aromatic rings. The van der Waals surface area contributed by atoms with Gasteiger partial charge in [-0.15, -0.1) is 0 Å². The lowest BCUT2D eigenvalue weighted by molar-refractivity contribution is 0.360. The summed E-state index contributed by atoms with van der Waals surface area (Å²) >= 11 is 0. The number of fused-ring (bicyclic) bond motifs is 3. The molecule has 14 heavy (non-hydrogen) atoms. The van der Waals surface area contributed by atoms with Crippen LogP contribution in [0.15, 0.2) is 30.3 Å². The van der Waals surface area contributed by atoms with E-state index in [2.05, 4.69) is 12.1 Å². The van der Waals surface area contributed by atoms with Crippen LogP contribution in [0.25, 0.3) is 10.8 Å². The first-order valence-corrected chi connectivity index (χ1v) is 4.79. The predicted octanol–water partition coefficient (Wildman–Crippen LogP) is 2.36. The highest BCUT2D eigenvalue weighted by atomic mass is 16.5. The molecule has 2 heteroatoms. The molecule has 2 nitrogen and oxygen atoms in total. The highest BCUT2D eigenvalue weighted by Crippen LogP contribution is 2.37. The van der Waals surface area contributed by atoms with Crippen LogP contribution in [-0.2, 0) is 6.42 Å². The van der Waals surface area contributed by atoms with Crippen molar-refractivity contribution in [3.8, 4) is 5.75 Å². The van der Waals surface area contributed by atoms with Gasteiger partial charge in [-0.05, 0) is 11.5 Å². The fourth-order valence-electron chi connectivity index (χ4n) is 2.06. The average molecular weight is 185 g/mol. The predicted molar refractivity (Wildman–Crippen MR) is 57.6 cm³/mol. The van der Waals surface area contributed by atoms with Crippen LogP contribution in [0.3, 0.4) is 0 Å². The van der Waals surface area contributed by atoms with Crippen LogP contribution in [0, 0.1) is 0 Å². The van der Waals surface area contributed by atoms with Gasteiger partial charge in [0.25, 0.3) is 0 Å². The van der Waals surface area contributed by atoms with Crippen LogP contribution in [0.2, 0.25) is 0 Å². The van der Waals surface area contributed by atoms with Crippen molar-refractivity contribution in [1.82, 2.24) is 0 Å². The van der Waals surface area contributed by atoms with Crippen LogP contribution < -0.4 is 10.5 Å². The molecule has 0 radical (unpaired) electrons. The minimum atomic E-state index is 0.757. The number of hydrogen-bond donors (Lipinski definition) is 1. The van der Waals surface area contributed by atoms with E-state index in [9.17, 15) is 0 Å². The lowest BCUT2D eigenvalue weighted by Crippen LogP contribution is -1.91. The highest BCUT2D eigenvalue weighted by Gasteiger charge is 2.17. The summed E-state index contributed by atoms with van der Waals surface area (Å²) in [7, 11) is 0. The van der Waals surface area contributed by atoms with Gasteiger partial charge in [-0.1, -0.05) is 24.3 Å². The van der Waals surface area contributed by atoms with E-state index >= 15 is 0 Å². The average Bonchev–Trinajstić information content (AvgIpc) is 2.67. The van der Waals surface area contributed by atoms with Gasteiger partial charge in [0, 0.05) is 23.1 Å². The highest BCUT2D eigenvalue weighted by molar-refractivity contribution is 5.93. The zero-order chi connectivity index (χ0) is 9.54. The van der Waals surface area contributed by atoms with E-state index in [1.54, 1.807) is 0 Å². The Labute approximate surface area is 82.3 Å². The quantitative estimate of drug-likeness (QED) is 0.639. The Morgan fingerprint density at radius 3 is 3.00 bits per heavy atom. The van der Waals surface area contributed by atoms with Crippen LogP contribution >= 0.6 is 0 Å². The van der Waals surface area contributed by atoms with Gasteiger partial charge >= 0.3 is 0 Å². The van der Waals surface area contributed by atoms with Crippen molar-refractivity contribution in [3.63, 3.8) is 0 Å². The zero-order valence-electron chi connectivity index (χ0n) is 7.79. The summed E-state index contributed by atoms with van der Waals surface area (Å²) < 4.78 is 5.61. The van der Waals surface area contributed by atoms with Gasteiger partial charge in [-0.25, -0.2) is 0 Å².